The summed E-state index contributed by atoms with van der Waals surface area (Å²) >= 11 is 2.11. The smallest absolute Gasteiger partial charge is 0.0378 e. The van der Waals surface area contributed by atoms with Gasteiger partial charge in [0.25, 0.3) is 0 Å². The Morgan fingerprint density at radius 3 is 2.80 bits per heavy atom. The summed E-state index contributed by atoms with van der Waals surface area (Å²) in [5.41, 5.74) is 9.52. The molecule has 0 spiro atoms. The first-order valence-electron chi connectivity index (χ1n) is 7.81. The molecule has 0 amide bonds. The molecule has 0 bridgehead atoms. The first kappa shape index (κ1) is 14.4. The quantitative estimate of drug-likeness (QED) is 0.908. The molecule has 1 aliphatic carbocycles. The lowest BCUT2D eigenvalue weighted by atomic mass is 9.76. The van der Waals surface area contributed by atoms with Crippen LogP contribution in [0.5, 0.6) is 0 Å². The van der Waals surface area contributed by atoms with Crippen LogP contribution >= 0.6 is 11.8 Å². The van der Waals surface area contributed by atoms with Crippen molar-refractivity contribution < 1.29 is 0 Å². The number of nitrogens with two attached hydrogens (primary N) is 1. The molecule has 2 N–H and O–H groups in total. The van der Waals surface area contributed by atoms with Crippen LogP contribution in [0.4, 0.5) is 0 Å². The van der Waals surface area contributed by atoms with Crippen molar-refractivity contribution in [3.05, 3.63) is 35.4 Å². The maximum Gasteiger partial charge on any atom is 0.0378 e. The summed E-state index contributed by atoms with van der Waals surface area (Å²) in [6.07, 6.45) is 3.52. The van der Waals surface area contributed by atoms with E-state index < -0.39 is 0 Å². The third-order valence-corrected chi connectivity index (χ3v) is 6.71. The zero-order chi connectivity index (χ0) is 14.2. The van der Waals surface area contributed by atoms with E-state index in [4.69, 9.17) is 5.73 Å². The van der Waals surface area contributed by atoms with Gasteiger partial charge in [-0.25, -0.2) is 0 Å². The number of fused-ring (bicyclic) bond motifs is 1. The van der Waals surface area contributed by atoms with Crippen LogP contribution in [0.25, 0.3) is 0 Å². The Labute approximate surface area is 127 Å². The number of thioether (sulfide) groups is 1. The number of benzene rings is 1. The molecule has 3 rings (SSSR count). The van der Waals surface area contributed by atoms with Gasteiger partial charge in [-0.1, -0.05) is 31.2 Å². The molecule has 1 fully saturated rings. The van der Waals surface area contributed by atoms with Gasteiger partial charge >= 0.3 is 0 Å². The lowest BCUT2D eigenvalue weighted by molar-refractivity contribution is 0.0453. The van der Waals surface area contributed by atoms with Gasteiger partial charge in [-0.05, 0) is 37.3 Å². The SMILES string of the molecule is CC1SCCN(C2(CN)CCc3ccccc3C2)C1C. The number of rotatable bonds is 2. The van der Waals surface area contributed by atoms with Crippen LogP contribution in [0.15, 0.2) is 24.3 Å². The molecule has 2 aliphatic rings. The van der Waals surface area contributed by atoms with E-state index >= 15 is 0 Å². The van der Waals surface area contributed by atoms with E-state index in [1.165, 1.54) is 36.3 Å². The molecule has 1 saturated heterocycles. The lowest BCUT2D eigenvalue weighted by Gasteiger charge is -2.52. The molecule has 1 aromatic carbocycles. The number of aryl methyl sites for hydroxylation is 1. The first-order chi connectivity index (χ1) is 9.66. The van der Waals surface area contributed by atoms with Crippen LogP contribution in [0.2, 0.25) is 0 Å². The van der Waals surface area contributed by atoms with Gasteiger partial charge in [0.15, 0.2) is 0 Å². The van der Waals surface area contributed by atoms with Crippen molar-refractivity contribution in [2.75, 3.05) is 18.8 Å². The Morgan fingerprint density at radius 2 is 2.05 bits per heavy atom. The minimum atomic E-state index is 0.184. The van der Waals surface area contributed by atoms with Gasteiger partial charge in [-0.15, -0.1) is 0 Å². The van der Waals surface area contributed by atoms with Crippen LogP contribution in [-0.4, -0.2) is 40.6 Å². The van der Waals surface area contributed by atoms with Crippen molar-refractivity contribution in [3.8, 4) is 0 Å². The summed E-state index contributed by atoms with van der Waals surface area (Å²) < 4.78 is 0. The Balaban J connectivity index is 1.89. The largest absolute Gasteiger partial charge is 0.329 e. The second-order valence-corrected chi connectivity index (χ2v) is 7.87. The molecule has 1 aromatic rings. The van der Waals surface area contributed by atoms with E-state index in [2.05, 4.69) is 54.8 Å². The highest BCUT2D eigenvalue weighted by atomic mass is 32.2. The highest BCUT2D eigenvalue weighted by molar-refractivity contribution is 8.00. The highest BCUT2D eigenvalue weighted by Gasteiger charge is 2.43. The molecular weight excluding hydrogens is 264 g/mol. The Bertz CT molecular complexity index is 476. The van der Waals surface area contributed by atoms with E-state index in [0.29, 0.717) is 11.3 Å². The third kappa shape index (κ3) is 2.40. The molecular formula is C17H26N2S. The summed E-state index contributed by atoms with van der Waals surface area (Å²) in [4.78, 5) is 2.73. The zero-order valence-electron chi connectivity index (χ0n) is 12.6. The van der Waals surface area contributed by atoms with Crippen LogP contribution in [0, 0.1) is 0 Å². The summed E-state index contributed by atoms with van der Waals surface area (Å²) in [5, 5.41) is 0.712. The second kappa shape index (κ2) is 5.70. The fraction of sp³-hybridized carbons (Fsp3) is 0.647. The third-order valence-electron chi connectivity index (χ3n) is 5.37. The predicted molar refractivity (Wildman–Crippen MR) is 88.3 cm³/mol. The Morgan fingerprint density at radius 1 is 1.30 bits per heavy atom. The maximum absolute atomic E-state index is 6.29. The van der Waals surface area contributed by atoms with Crippen LogP contribution in [0.1, 0.15) is 31.4 Å². The van der Waals surface area contributed by atoms with Crippen molar-refractivity contribution in [3.63, 3.8) is 0 Å². The standard InChI is InChI=1S/C17H26N2S/c1-13-14(2)20-10-9-19(13)17(12-18)8-7-15-5-3-4-6-16(15)11-17/h3-6,13-14H,7-12,18H2,1-2H3. The molecule has 0 radical (unpaired) electrons. The average molecular weight is 290 g/mol. The molecule has 20 heavy (non-hydrogen) atoms. The van der Waals surface area contributed by atoms with Gasteiger partial charge in [-0.3, -0.25) is 4.90 Å². The van der Waals surface area contributed by atoms with E-state index in [1.807, 2.05) is 0 Å². The fourth-order valence-corrected chi connectivity index (χ4v) is 5.02. The Hall–Kier alpha value is -0.510. The number of hydrogen-bond donors (Lipinski definition) is 1. The first-order valence-corrected chi connectivity index (χ1v) is 8.86. The molecule has 1 aliphatic heterocycles. The highest BCUT2D eigenvalue weighted by Crippen LogP contribution is 2.37. The number of nitrogens with zero attached hydrogens (tertiary/aromatic N) is 1. The van der Waals surface area contributed by atoms with Crippen molar-refractivity contribution >= 4 is 11.8 Å². The van der Waals surface area contributed by atoms with Crippen molar-refractivity contribution in [2.45, 2.75) is 49.9 Å². The summed E-state index contributed by atoms with van der Waals surface area (Å²) in [7, 11) is 0. The van der Waals surface area contributed by atoms with Gasteiger partial charge in [0.05, 0.1) is 0 Å². The zero-order valence-corrected chi connectivity index (χ0v) is 13.5. The summed E-state index contributed by atoms with van der Waals surface area (Å²) in [6, 6.07) is 9.54. The lowest BCUT2D eigenvalue weighted by Crippen LogP contribution is -2.63. The van der Waals surface area contributed by atoms with Gasteiger partial charge in [0.1, 0.15) is 0 Å². The van der Waals surface area contributed by atoms with Gasteiger partial charge in [-0.2, -0.15) is 11.8 Å². The predicted octanol–water partition coefficient (Wildman–Crippen LogP) is 2.70. The van der Waals surface area contributed by atoms with Crippen LogP contribution < -0.4 is 5.73 Å². The normalized spacial score (nSPS) is 34.8. The maximum atomic E-state index is 6.29. The second-order valence-electron chi connectivity index (χ2n) is 6.38. The van der Waals surface area contributed by atoms with Crippen LogP contribution in [0.3, 0.4) is 0 Å². The summed E-state index contributed by atoms with van der Waals surface area (Å²) in [6.45, 7) is 6.72. The van der Waals surface area contributed by atoms with E-state index in [9.17, 15) is 0 Å². The van der Waals surface area contributed by atoms with Crippen molar-refractivity contribution in [2.24, 2.45) is 5.73 Å². The fourth-order valence-electron chi connectivity index (χ4n) is 3.92. The monoisotopic (exact) mass is 290 g/mol. The van der Waals surface area contributed by atoms with E-state index in [0.717, 1.165) is 13.0 Å². The molecule has 0 aromatic heterocycles. The molecule has 1 heterocycles. The van der Waals surface area contributed by atoms with Gasteiger partial charge in [0, 0.05) is 35.7 Å². The van der Waals surface area contributed by atoms with Gasteiger partial charge < -0.3 is 5.73 Å². The van der Waals surface area contributed by atoms with E-state index in [1.54, 1.807) is 0 Å². The number of hydrogen-bond acceptors (Lipinski definition) is 3. The van der Waals surface area contributed by atoms with Crippen molar-refractivity contribution in [1.29, 1.82) is 0 Å². The van der Waals surface area contributed by atoms with E-state index in [-0.39, 0.29) is 5.54 Å². The summed E-state index contributed by atoms with van der Waals surface area (Å²) in [5.74, 6) is 1.24. The molecule has 3 unspecified atom stereocenters. The minimum absolute atomic E-state index is 0.184. The Kier molecular flexibility index (Phi) is 4.11. The topological polar surface area (TPSA) is 29.3 Å². The molecule has 3 heteroatoms. The molecule has 0 saturated carbocycles. The minimum Gasteiger partial charge on any atom is -0.329 e. The average Bonchev–Trinajstić information content (AvgIpc) is 2.49. The van der Waals surface area contributed by atoms with Crippen LogP contribution in [-0.2, 0) is 12.8 Å². The molecule has 2 nitrogen and oxygen atoms in total. The molecule has 110 valence electrons. The van der Waals surface area contributed by atoms with Gasteiger partial charge in [0.2, 0.25) is 0 Å². The van der Waals surface area contributed by atoms with Crippen molar-refractivity contribution in [1.82, 2.24) is 4.90 Å². The molecule has 3 atom stereocenters.